The Bertz CT molecular complexity index is 92.6. The Morgan fingerprint density at radius 3 is 2.89 bits per heavy atom. The third-order valence-electron chi connectivity index (χ3n) is 0.700. The summed E-state index contributed by atoms with van der Waals surface area (Å²) >= 11 is 0. The van der Waals surface area contributed by atoms with Gasteiger partial charge >= 0.3 is 0 Å². The minimum Gasteiger partial charge on any atom is -0.469 e. The second-order valence-corrected chi connectivity index (χ2v) is 1.29. The average molecular weight is 132 g/mol. The molecule has 5 heteroatoms. The van der Waals surface area contributed by atoms with Crippen LogP contribution in [0.15, 0.2) is 4.99 Å². The number of methoxy groups -OCH3 is 1. The van der Waals surface area contributed by atoms with Gasteiger partial charge in [-0.15, -0.1) is 0 Å². The fourth-order valence-electron chi connectivity index (χ4n) is 0.261. The average Bonchev–Trinajstić information content (AvgIpc) is 1.89. The molecule has 5 nitrogen and oxygen atoms in total. The van der Waals surface area contributed by atoms with Gasteiger partial charge < -0.3 is 10.5 Å². The monoisotopic (exact) mass is 132 g/mol. The van der Waals surface area contributed by atoms with E-state index in [9.17, 15) is 0 Å². The van der Waals surface area contributed by atoms with E-state index in [0.717, 1.165) is 0 Å². The number of amidine groups is 1. The van der Waals surface area contributed by atoms with Crippen molar-refractivity contribution in [3.63, 3.8) is 0 Å². The number of aliphatic imine (C=N–C) groups is 1. The van der Waals surface area contributed by atoms with Gasteiger partial charge in [0.25, 0.3) is 6.02 Å². The molecule has 0 atom stereocenters. The highest BCUT2D eigenvalue weighted by atomic mass is 16.5. The van der Waals surface area contributed by atoms with Crippen LogP contribution in [0, 0.1) is 0 Å². The van der Waals surface area contributed by atoms with Crippen molar-refractivity contribution < 1.29 is 4.74 Å². The molecule has 54 valence electrons. The van der Waals surface area contributed by atoms with Crippen molar-refractivity contribution in [2.45, 2.75) is 0 Å². The molecular formula is C4H12N4O. The van der Waals surface area contributed by atoms with Crippen molar-refractivity contribution in [3.8, 4) is 0 Å². The molecular weight excluding hydrogens is 120 g/mol. The quantitative estimate of drug-likeness (QED) is 0.192. The molecule has 0 aliphatic heterocycles. The van der Waals surface area contributed by atoms with Crippen LogP contribution in [0.5, 0.6) is 0 Å². The van der Waals surface area contributed by atoms with Crippen LogP contribution in [0.4, 0.5) is 0 Å². The fourth-order valence-corrected chi connectivity index (χ4v) is 0.261. The molecule has 0 aromatic rings. The fraction of sp³-hybridized carbons (Fsp3) is 0.750. The number of ether oxygens (including phenoxy) is 1. The lowest BCUT2D eigenvalue weighted by Gasteiger charge is -1.98. The Labute approximate surface area is 54.3 Å². The van der Waals surface area contributed by atoms with E-state index in [4.69, 9.17) is 5.73 Å². The van der Waals surface area contributed by atoms with Gasteiger partial charge in [0.05, 0.1) is 7.11 Å². The molecule has 0 aliphatic carbocycles. The van der Waals surface area contributed by atoms with E-state index < -0.39 is 0 Å². The molecule has 0 spiro atoms. The molecule has 0 rings (SSSR count). The molecule has 0 amide bonds. The SMILES string of the molecule is CNNCN=C(N)OC. The number of rotatable bonds is 3. The van der Waals surface area contributed by atoms with Gasteiger partial charge in [-0.1, -0.05) is 0 Å². The topological polar surface area (TPSA) is 71.7 Å². The Balaban J connectivity index is 3.21. The highest BCUT2D eigenvalue weighted by Crippen LogP contribution is 1.66. The lowest BCUT2D eigenvalue weighted by atomic mass is 11.0. The Morgan fingerprint density at radius 2 is 2.44 bits per heavy atom. The van der Waals surface area contributed by atoms with E-state index in [1.807, 2.05) is 0 Å². The minimum atomic E-state index is 0.178. The third-order valence-corrected chi connectivity index (χ3v) is 0.700. The minimum absolute atomic E-state index is 0.178. The summed E-state index contributed by atoms with van der Waals surface area (Å²) in [7, 11) is 3.22. The highest BCUT2D eigenvalue weighted by molar-refractivity contribution is 5.70. The molecule has 0 bridgehead atoms. The van der Waals surface area contributed by atoms with Gasteiger partial charge in [0.2, 0.25) is 0 Å². The summed E-state index contributed by atoms with van der Waals surface area (Å²) in [6, 6.07) is 0.178. The lowest BCUT2D eigenvalue weighted by molar-refractivity contribution is 0.392. The third kappa shape index (κ3) is 5.05. The predicted octanol–water partition coefficient (Wildman–Crippen LogP) is -1.37. The first-order valence-electron chi connectivity index (χ1n) is 2.54. The van der Waals surface area contributed by atoms with Gasteiger partial charge in [0.1, 0.15) is 6.67 Å². The molecule has 0 unspecified atom stereocenters. The molecule has 0 aromatic heterocycles. The number of hydrogen-bond acceptors (Lipinski definition) is 4. The maximum absolute atomic E-state index is 5.17. The summed E-state index contributed by atoms with van der Waals surface area (Å²) in [6.07, 6.45) is 0. The van der Waals surface area contributed by atoms with Gasteiger partial charge in [0, 0.05) is 0 Å². The number of nitrogens with two attached hydrogens (primary N) is 1. The lowest BCUT2D eigenvalue weighted by Crippen LogP contribution is -2.29. The summed E-state index contributed by atoms with van der Waals surface area (Å²) in [5.74, 6) is 0. The van der Waals surface area contributed by atoms with E-state index in [1.54, 1.807) is 7.05 Å². The van der Waals surface area contributed by atoms with Crippen molar-refractivity contribution in [2.24, 2.45) is 10.7 Å². The molecule has 0 heterocycles. The first-order chi connectivity index (χ1) is 4.31. The van der Waals surface area contributed by atoms with Crippen LogP contribution in [0.3, 0.4) is 0 Å². The van der Waals surface area contributed by atoms with Crippen LogP contribution in [0.2, 0.25) is 0 Å². The standard InChI is InChI=1S/C4H12N4O/c1-6-8-3-7-4(5)9-2/h6,8H,3H2,1-2H3,(H2,5,7). The van der Waals surface area contributed by atoms with Crippen molar-refractivity contribution in [3.05, 3.63) is 0 Å². The second-order valence-electron chi connectivity index (χ2n) is 1.29. The Hall–Kier alpha value is -0.810. The predicted molar refractivity (Wildman–Crippen MR) is 35.7 cm³/mol. The smallest absolute Gasteiger partial charge is 0.282 e. The second kappa shape index (κ2) is 5.33. The largest absolute Gasteiger partial charge is 0.469 e. The summed E-state index contributed by atoms with van der Waals surface area (Å²) in [5.41, 5.74) is 10.6. The van der Waals surface area contributed by atoms with E-state index in [0.29, 0.717) is 6.67 Å². The van der Waals surface area contributed by atoms with Gasteiger partial charge in [-0.05, 0) is 7.05 Å². The Morgan fingerprint density at radius 1 is 1.78 bits per heavy atom. The molecule has 0 aliphatic rings. The van der Waals surface area contributed by atoms with Gasteiger partial charge in [-0.3, -0.25) is 5.43 Å². The van der Waals surface area contributed by atoms with Crippen LogP contribution >= 0.6 is 0 Å². The summed E-state index contributed by atoms with van der Waals surface area (Å²) < 4.78 is 4.56. The van der Waals surface area contributed by atoms with Gasteiger partial charge in [0.15, 0.2) is 0 Å². The first-order valence-corrected chi connectivity index (χ1v) is 2.54. The normalized spacial score (nSPS) is 11.6. The molecule has 9 heavy (non-hydrogen) atoms. The van der Waals surface area contributed by atoms with E-state index in [2.05, 4.69) is 20.6 Å². The van der Waals surface area contributed by atoms with E-state index in [1.165, 1.54) is 7.11 Å². The number of nitrogens with one attached hydrogen (secondary N) is 2. The maximum Gasteiger partial charge on any atom is 0.282 e. The number of hydrogen-bond donors (Lipinski definition) is 3. The van der Waals surface area contributed by atoms with Crippen LogP contribution < -0.4 is 16.6 Å². The van der Waals surface area contributed by atoms with Crippen LogP contribution in [0.1, 0.15) is 0 Å². The summed E-state index contributed by atoms with van der Waals surface area (Å²) in [4.78, 5) is 3.73. The van der Waals surface area contributed by atoms with Crippen LogP contribution in [-0.4, -0.2) is 26.8 Å². The molecule has 4 N–H and O–H groups in total. The first kappa shape index (κ1) is 8.19. The molecule has 0 saturated heterocycles. The highest BCUT2D eigenvalue weighted by Gasteiger charge is 1.82. The molecule has 0 aromatic carbocycles. The summed E-state index contributed by atoms with van der Waals surface area (Å²) in [6.45, 7) is 0.413. The van der Waals surface area contributed by atoms with Gasteiger partial charge in [-0.25, -0.2) is 10.4 Å². The Kier molecular flexibility index (Phi) is 4.85. The van der Waals surface area contributed by atoms with Crippen molar-refractivity contribution in [1.29, 1.82) is 0 Å². The van der Waals surface area contributed by atoms with E-state index >= 15 is 0 Å². The zero-order chi connectivity index (χ0) is 7.11. The van der Waals surface area contributed by atoms with Crippen molar-refractivity contribution in [2.75, 3.05) is 20.8 Å². The zero-order valence-electron chi connectivity index (χ0n) is 5.64. The number of hydrazine groups is 1. The van der Waals surface area contributed by atoms with Crippen LogP contribution in [0.25, 0.3) is 0 Å². The van der Waals surface area contributed by atoms with Crippen molar-refractivity contribution >= 4 is 6.02 Å². The number of nitrogens with zero attached hydrogens (tertiary/aromatic N) is 1. The maximum atomic E-state index is 5.17. The molecule has 0 fully saturated rings. The summed E-state index contributed by atoms with van der Waals surface area (Å²) in [5, 5.41) is 0. The molecule has 0 radical (unpaired) electrons. The van der Waals surface area contributed by atoms with Crippen LogP contribution in [-0.2, 0) is 4.74 Å². The van der Waals surface area contributed by atoms with Crippen molar-refractivity contribution in [1.82, 2.24) is 10.9 Å². The zero-order valence-corrected chi connectivity index (χ0v) is 5.64. The van der Waals surface area contributed by atoms with E-state index in [-0.39, 0.29) is 6.02 Å². The molecule has 0 saturated carbocycles. The van der Waals surface area contributed by atoms with Gasteiger partial charge in [-0.2, -0.15) is 0 Å².